The van der Waals surface area contributed by atoms with Crippen molar-refractivity contribution in [2.75, 3.05) is 26.7 Å². The zero-order chi connectivity index (χ0) is 20.6. The van der Waals surface area contributed by atoms with Crippen molar-refractivity contribution < 1.29 is 23.1 Å². The molecule has 7 heteroatoms. The fraction of sp³-hybridized carbons (Fsp3) is 0.900. The maximum absolute atomic E-state index is 13.3. The van der Waals surface area contributed by atoms with Crippen LogP contribution in [0.3, 0.4) is 0 Å². The van der Waals surface area contributed by atoms with Crippen molar-refractivity contribution in [3.63, 3.8) is 0 Å². The second kappa shape index (κ2) is 7.55. The third-order valence-electron chi connectivity index (χ3n) is 5.84. The van der Waals surface area contributed by atoms with Gasteiger partial charge in [-0.05, 0) is 45.4 Å². The Morgan fingerprint density at radius 3 is 2.15 bits per heavy atom. The number of hydrogen-bond donors (Lipinski definition) is 0. The number of ether oxygens (including phenoxy) is 1. The zero-order valence-electron chi connectivity index (χ0n) is 17.5. The van der Waals surface area contributed by atoms with Crippen molar-refractivity contribution >= 4 is 12.0 Å². The van der Waals surface area contributed by atoms with Gasteiger partial charge in [-0.1, -0.05) is 13.8 Å². The number of nitrogens with zero attached hydrogens (tertiary/aromatic N) is 2. The molecule has 1 saturated heterocycles. The van der Waals surface area contributed by atoms with Crippen LogP contribution in [0.5, 0.6) is 0 Å². The summed E-state index contributed by atoms with van der Waals surface area (Å²) in [4.78, 5) is 28.6. The van der Waals surface area contributed by atoms with Crippen molar-refractivity contribution in [1.29, 1.82) is 0 Å². The normalized spacial score (nSPS) is 22.3. The lowest BCUT2D eigenvalue weighted by molar-refractivity contribution is -0.157. The molecule has 0 aromatic heterocycles. The molecule has 0 radical (unpaired) electrons. The van der Waals surface area contributed by atoms with Gasteiger partial charge in [-0.15, -0.1) is 0 Å². The minimum absolute atomic E-state index is 0.00496. The maximum Gasteiger partial charge on any atom is 0.410 e. The standard InChI is InChI=1S/C20H34F2N2O3/c1-14(2)19(12-24(13-19)17(26)27-18(3,4)5)16(25)23(6)11-15-7-9-20(21,22)10-8-15/h14-15H,7-13H2,1-6H3. The number of carbonyl (C=O) groups excluding carboxylic acids is 2. The van der Waals surface area contributed by atoms with E-state index >= 15 is 0 Å². The van der Waals surface area contributed by atoms with Gasteiger partial charge in [0, 0.05) is 39.5 Å². The molecule has 27 heavy (non-hydrogen) atoms. The van der Waals surface area contributed by atoms with Crippen LogP contribution in [0.15, 0.2) is 0 Å². The first-order chi connectivity index (χ1) is 12.3. The van der Waals surface area contributed by atoms with Gasteiger partial charge in [-0.3, -0.25) is 4.79 Å². The summed E-state index contributed by atoms with van der Waals surface area (Å²) in [5.41, 5.74) is -1.19. The van der Waals surface area contributed by atoms with Gasteiger partial charge < -0.3 is 14.5 Å². The number of likely N-dealkylation sites (tertiary alicyclic amines) is 1. The lowest BCUT2D eigenvalue weighted by Gasteiger charge is -2.52. The number of alkyl halides is 2. The van der Waals surface area contributed by atoms with E-state index < -0.39 is 23.0 Å². The third kappa shape index (κ3) is 5.11. The Bertz CT molecular complexity index is 556. The summed E-state index contributed by atoms with van der Waals surface area (Å²) in [6, 6.07) is 0. The molecule has 0 spiro atoms. The summed E-state index contributed by atoms with van der Waals surface area (Å²) >= 11 is 0. The van der Waals surface area contributed by atoms with Gasteiger partial charge in [-0.2, -0.15) is 0 Å². The first-order valence-corrected chi connectivity index (χ1v) is 9.87. The van der Waals surface area contributed by atoms with Gasteiger partial charge in [-0.25, -0.2) is 13.6 Å². The Labute approximate surface area is 161 Å². The predicted molar refractivity (Wildman–Crippen MR) is 99.6 cm³/mol. The van der Waals surface area contributed by atoms with E-state index in [-0.39, 0.29) is 30.6 Å². The van der Waals surface area contributed by atoms with Crippen molar-refractivity contribution in [1.82, 2.24) is 9.80 Å². The highest BCUT2D eigenvalue weighted by molar-refractivity contribution is 5.86. The molecule has 2 amide bonds. The summed E-state index contributed by atoms with van der Waals surface area (Å²) < 4.78 is 32.1. The molecule has 1 heterocycles. The fourth-order valence-electron chi connectivity index (χ4n) is 3.97. The summed E-state index contributed by atoms with van der Waals surface area (Å²) in [5.74, 6) is -2.37. The van der Waals surface area contributed by atoms with Crippen LogP contribution in [0.1, 0.15) is 60.3 Å². The van der Waals surface area contributed by atoms with Gasteiger partial charge >= 0.3 is 6.09 Å². The van der Waals surface area contributed by atoms with E-state index in [4.69, 9.17) is 4.74 Å². The molecule has 1 aliphatic carbocycles. The molecule has 5 nitrogen and oxygen atoms in total. The molecule has 2 aliphatic rings. The number of amides is 2. The molecule has 0 unspecified atom stereocenters. The van der Waals surface area contributed by atoms with Crippen molar-refractivity contribution in [3.8, 4) is 0 Å². The van der Waals surface area contributed by atoms with Crippen LogP contribution in [0.4, 0.5) is 13.6 Å². The van der Waals surface area contributed by atoms with Crippen LogP contribution < -0.4 is 0 Å². The Hall–Kier alpha value is -1.40. The van der Waals surface area contributed by atoms with E-state index in [9.17, 15) is 18.4 Å². The van der Waals surface area contributed by atoms with Crippen molar-refractivity contribution in [3.05, 3.63) is 0 Å². The number of hydrogen-bond acceptors (Lipinski definition) is 3. The van der Waals surface area contributed by atoms with Crippen LogP contribution in [0.25, 0.3) is 0 Å². The Kier molecular flexibility index (Phi) is 6.12. The van der Waals surface area contributed by atoms with Crippen LogP contribution in [0.2, 0.25) is 0 Å². The molecule has 2 fully saturated rings. The molecule has 2 rings (SSSR count). The molecule has 0 atom stereocenters. The first kappa shape index (κ1) is 21.9. The van der Waals surface area contributed by atoms with E-state index in [1.165, 1.54) is 0 Å². The molecule has 0 bridgehead atoms. The number of rotatable bonds is 4. The Morgan fingerprint density at radius 2 is 1.70 bits per heavy atom. The average molecular weight is 388 g/mol. The third-order valence-corrected chi connectivity index (χ3v) is 5.84. The highest BCUT2D eigenvalue weighted by atomic mass is 19.3. The van der Waals surface area contributed by atoms with Crippen molar-refractivity contribution in [2.45, 2.75) is 71.8 Å². The minimum Gasteiger partial charge on any atom is -0.444 e. The summed E-state index contributed by atoms with van der Waals surface area (Å²) in [7, 11) is 1.75. The second-order valence-corrected chi connectivity index (χ2v) is 9.63. The quantitative estimate of drug-likeness (QED) is 0.726. The van der Waals surface area contributed by atoms with Gasteiger partial charge in [0.2, 0.25) is 11.8 Å². The zero-order valence-corrected chi connectivity index (χ0v) is 17.5. The maximum atomic E-state index is 13.3. The molecular weight excluding hydrogens is 354 g/mol. The Morgan fingerprint density at radius 1 is 1.19 bits per heavy atom. The van der Waals surface area contributed by atoms with Gasteiger partial charge in [0.05, 0.1) is 5.41 Å². The SMILES string of the molecule is CC(C)C1(C(=O)N(C)CC2CCC(F)(F)CC2)CN(C(=O)OC(C)(C)C)C1. The Balaban J connectivity index is 1.95. The topological polar surface area (TPSA) is 49.9 Å². The lowest BCUT2D eigenvalue weighted by Crippen LogP contribution is -2.67. The average Bonchev–Trinajstić information content (AvgIpc) is 2.45. The monoisotopic (exact) mass is 388 g/mol. The smallest absolute Gasteiger partial charge is 0.410 e. The molecule has 0 aromatic rings. The molecular formula is C20H34F2N2O3. The number of carbonyl (C=O) groups is 2. The van der Waals surface area contributed by atoms with E-state index in [1.54, 1.807) is 16.8 Å². The lowest BCUT2D eigenvalue weighted by atomic mass is 9.69. The van der Waals surface area contributed by atoms with Gasteiger partial charge in [0.15, 0.2) is 0 Å². The molecule has 1 saturated carbocycles. The van der Waals surface area contributed by atoms with Crippen LogP contribution >= 0.6 is 0 Å². The summed E-state index contributed by atoms with van der Waals surface area (Å²) in [6.07, 6.45) is 0.305. The van der Waals surface area contributed by atoms with Crippen molar-refractivity contribution in [2.24, 2.45) is 17.3 Å². The van der Waals surface area contributed by atoms with Crippen LogP contribution in [-0.2, 0) is 9.53 Å². The van der Waals surface area contributed by atoms with Gasteiger partial charge in [0.1, 0.15) is 5.60 Å². The van der Waals surface area contributed by atoms with E-state index in [2.05, 4.69) is 0 Å². The van der Waals surface area contributed by atoms with E-state index in [0.29, 0.717) is 32.5 Å². The predicted octanol–water partition coefficient (Wildman–Crippen LogP) is 4.16. The fourth-order valence-corrected chi connectivity index (χ4v) is 3.97. The number of halogens is 2. The van der Waals surface area contributed by atoms with E-state index in [1.807, 2.05) is 34.6 Å². The van der Waals surface area contributed by atoms with Crippen LogP contribution in [0, 0.1) is 17.3 Å². The summed E-state index contributed by atoms with van der Waals surface area (Å²) in [5, 5.41) is 0. The highest BCUT2D eigenvalue weighted by Gasteiger charge is 2.55. The van der Waals surface area contributed by atoms with Gasteiger partial charge in [0.25, 0.3) is 0 Å². The molecule has 0 N–H and O–H groups in total. The molecule has 0 aromatic carbocycles. The van der Waals surface area contributed by atoms with E-state index in [0.717, 1.165) is 0 Å². The summed E-state index contributed by atoms with van der Waals surface area (Å²) in [6.45, 7) is 10.6. The van der Waals surface area contributed by atoms with Crippen LogP contribution in [-0.4, -0.2) is 60.0 Å². The molecule has 156 valence electrons. The largest absolute Gasteiger partial charge is 0.444 e. The first-order valence-electron chi connectivity index (χ1n) is 9.87. The highest BCUT2D eigenvalue weighted by Crippen LogP contribution is 2.41. The minimum atomic E-state index is -2.56. The second-order valence-electron chi connectivity index (χ2n) is 9.63. The molecule has 1 aliphatic heterocycles.